The number of benzene rings is 1. The van der Waals surface area contributed by atoms with Crippen molar-refractivity contribution in [3.63, 3.8) is 0 Å². The number of hydrogen-bond donors (Lipinski definition) is 2. The molecule has 2 N–H and O–H groups in total. The van der Waals surface area contributed by atoms with Crippen LogP contribution in [0.15, 0.2) is 24.3 Å². The van der Waals surface area contributed by atoms with Gasteiger partial charge in [-0.2, -0.15) is 0 Å². The van der Waals surface area contributed by atoms with E-state index < -0.39 is 0 Å². The number of carbonyl (C=O) groups excluding carboxylic acids is 1. The Morgan fingerprint density at radius 2 is 2.25 bits per heavy atom. The molecule has 0 aliphatic carbocycles. The lowest BCUT2D eigenvalue weighted by Crippen LogP contribution is -2.41. The zero-order valence-corrected chi connectivity index (χ0v) is 12.0. The molecule has 2 amide bonds. The first-order valence-corrected chi connectivity index (χ1v) is 7.14. The third-order valence-electron chi connectivity index (χ3n) is 3.00. The second-order valence-electron chi connectivity index (χ2n) is 4.55. The summed E-state index contributed by atoms with van der Waals surface area (Å²) < 4.78 is 10.9. The molecular weight excluding hydrogens is 280 g/mol. The Hall–Kier alpha value is -1.46. The first-order valence-electron chi connectivity index (χ1n) is 6.76. The number of rotatable bonds is 6. The van der Waals surface area contributed by atoms with Crippen molar-refractivity contribution in [1.82, 2.24) is 10.6 Å². The molecule has 1 heterocycles. The second-order valence-corrected chi connectivity index (χ2v) is 4.96. The number of ether oxygens (including phenoxy) is 2. The third-order valence-corrected chi connectivity index (χ3v) is 3.31. The molecule has 0 radical (unpaired) electrons. The molecule has 0 aromatic heterocycles. The van der Waals surface area contributed by atoms with Crippen LogP contribution in [0.25, 0.3) is 0 Å². The predicted octanol–water partition coefficient (Wildman–Crippen LogP) is 2.20. The Morgan fingerprint density at radius 1 is 1.40 bits per heavy atom. The van der Waals surface area contributed by atoms with Crippen LogP contribution in [0.5, 0.6) is 5.75 Å². The summed E-state index contributed by atoms with van der Waals surface area (Å²) >= 11 is 5.95. The Morgan fingerprint density at radius 3 is 3.00 bits per heavy atom. The highest BCUT2D eigenvalue weighted by Gasteiger charge is 2.15. The van der Waals surface area contributed by atoms with Crippen molar-refractivity contribution in [1.29, 1.82) is 0 Å². The number of para-hydroxylation sites is 1. The first kappa shape index (κ1) is 14.9. The number of carbonyl (C=O) groups is 1. The van der Waals surface area contributed by atoms with E-state index in [0.29, 0.717) is 30.5 Å². The Kier molecular flexibility index (Phi) is 5.95. The van der Waals surface area contributed by atoms with Crippen LogP contribution in [0.3, 0.4) is 0 Å². The molecule has 1 aromatic carbocycles. The Labute approximate surface area is 123 Å². The van der Waals surface area contributed by atoms with Crippen molar-refractivity contribution in [2.24, 2.45) is 0 Å². The van der Waals surface area contributed by atoms with Crippen LogP contribution in [-0.2, 0) is 4.74 Å². The van der Waals surface area contributed by atoms with Gasteiger partial charge >= 0.3 is 6.03 Å². The average Bonchev–Trinajstić information content (AvgIpc) is 2.96. The minimum atomic E-state index is -0.205. The molecule has 1 aliphatic heterocycles. The first-order chi connectivity index (χ1) is 9.75. The smallest absolute Gasteiger partial charge is 0.315 e. The molecular formula is C14H19ClN2O3. The summed E-state index contributed by atoms with van der Waals surface area (Å²) in [6.07, 6.45) is 2.23. The fraction of sp³-hybridized carbons (Fsp3) is 0.500. The van der Waals surface area contributed by atoms with E-state index in [1.807, 2.05) is 12.1 Å². The van der Waals surface area contributed by atoms with Crippen molar-refractivity contribution >= 4 is 17.6 Å². The number of halogens is 1. The van der Waals surface area contributed by atoms with Gasteiger partial charge in [0.25, 0.3) is 0 Å². The van der Waals surface area contributed by atoms with Gasteiger partial charge in [-0.25, -0.2) is 4.79 Å². The second kappa shape index (κ2) is 7.97. The minimum absolute atomic E-state index is 0.153. The van der Waals surface area contributed by atoms with Crippen LogP contribution in [-0.4, -0.2) is 38.4 Å². The van der Waals surface area contributed by atoms with Crippen LogP contribution in [0.1, 0.15) is 12.8 Å². The lowest BCUT2D eigenvalue weighted by molar-refractivity contribution is 0.111. The number of amides is 2. The summed E-state index contributed by atoms with van der Waals surface area (Å²) in [7, 11) is 0. The largest absolute Gasteiger partial charge is 0.490 e. The third kappa shape index (κ3) is 4.90. The molecule has 6 heteroatoms. The molecule has 1 atom stereocenters. The molecule has 1 aromatic rings. The Balaban J connectivity index is 1.56. The van der Waals surface area contributed by atoms with Gasteiger partial charge in [0.2, 0.25) is 0 Å². The summed E-state index contributed by atoms with van der Waals surface area (Å²) in [5.74, 6) is 0.621. The maximum Gasteiger partial charge on any atom is 0.315 e. The predicted molar refractivity (Wildman–Crippen MR) is 77.3 cm³/mol. The molecule has 1 unspecified atom stereocenters. The highest BCUT2D eigenvalue weighted by molar-refractivity contribution is 6.32. The van der Waals surface area contributed by atoms with Crippen LogP contribution in [0.2, 0.25) is 5.02 Å². The van der Waals surface area contributed by atoms with Crippen LogP contribution in [0, 0.1) is 0 Å². The maximum atomic E-state index is 11.5. The highest BCUT2D eigenvalue weighted by atomic mass is 35.5. The van der Waals surface area contributed by atoms with E-state index in [0.717, 1.165) is 19.4 Å². The molecule has 2 rings (SSSR count). The van der Waals surface area contributed by atoms with Gasteiger partial charge in [0, 0.05) is 13.2 Å². The topological polar surface area (TPSA) is 59.6 Å². The summed E-state index contributed by atoms with van der Waals surface area (Å²) in [5.41, 5.74) is 0. The van der Waals surface area contributed by atoms with Crippen molar-refractivity contribution in [3.8, 4) is 5.75 Å². The number of nitrogens with one attached hydrogen (secondary N) is 2. The van der Waals surface area contributed by atoms with E-state index in [9.17, 15) is 4.79 Å². The summed E-state index contributed by atoms with van der Waals surface area (Å²) in [4.78, 5) is 11.5. The van der Waals surface area contributed by atoms with Gasteiger partial charge in [-0.3, -0.25) is 0 Å². The molecule has 110 valence electrons. The van der Waals surface area contributed by atoms with Gasteiger partial charge in [-0.15, -0.1) is 0 Å². The lowest BCUT2D eigenvalue weighted by Gasteiger charge is -2.12. The lowest BCUT2D eigenvalue weighted by atomic mass is 10.2. The molecule has 1 saturated heterocycles. The van der Waals surface area contributed by atoms with Crippen molar-refractivity contribution < 1.29 is 14.3 Å². The molecule has 1 fully saturated rings. The van der Waals surface area contributed by atoms with Crippen LogP contribution in [0.4, 0.5) is 4.79 Å². The van der Waals surface area contributed by atoms with Crippen LogP contribution < -0.4 is 15.4 Å². The minimum Gasteiger partial charge on any atom is -0.490 e. The molecule has 0 saturated carbocycles. The normalized spacial score (nSPS) is 17.8. The zero-order chi connectivity index (χ0) is 14.2. The number of urea groups is 1. The van der Waals surface area contributed by atoms with Crippen molar-refractivity contribution in [2.75, 3.05) is 26.3 Å². The molecule has 0 bridgehead atoms. The van der Waals surface area contributed by atoms with Crippen molar-refractivity contribution in [3.05, 3.63) is 29.3 Å². The molecule has 1 aliphatic rings. The zero-order valence-electron chi connectivity index (χ0n) is 11.2. The monoisotopic (exact) mass is 298 g/mol. The van der Waals surface area contributed by atoms with Gasteiger partial charge in [0.15, 0.2) is 0 Å². The maximum absolute atomic E-state index is 11.5. The van der Waals surface area contributed by atoms with Gasteiger partial charge in [-0.1, -0.05) is 23.7 Å². The standard InChI is InChI=1S/C14H19ClN2O3/c15-12-5-1-2-6-13(12)20-9-7-16-14(18)17-10-11-4-3-8-19-11/h1-2,5-6,11H,3-4,7-10H2,(H2,16,17,18). The molecule has 20 heavy (non-hydrogen) atoms. The van der Waals surface area contributed by atoms with E-state index >= 15 is 0 Å². The van der Waals surface area contributed by atoms with Gasteiger partial charge in [0.05, 0.1) is 17.7 Å². The summed E-state index contributed by atoms with van der Waals surface area (Å²) in [6.45, 7) is 2.14. The van der Waals surface area contributed by atoms with Gasteiger partial charge < -0.3 is 20.1 Å². The van der Waals surface area contributed by atoms with Crippen LogP contribution >= 0.6 is 11.6 Å². The van der Waals surface area contributed by atoms with E-state index in [-0.39, 0.29) is 12.1 Å². The quantitative estimate of drug-likeness (QED) is 0.792. The van der Waals surface area contributed by atoms with E-state index in [1.165, 1.54) is 0 Å². The Bertz CT molecular complexity index is 436. The van der Waals surface area contributed by atoms with Gasteiger partial charge in [0.1, 0.15) is 12.4 Å². The van der Waals surface area contributed by atoms with E-state index in [4.69, 9.17) is 21.1 Å². The fourth-order valence-electron chi connectivity index (χ4n) is 1.96. The van der Waals surface area contributed by atoms with Crippen molar-refractivity contribution in [2.45, 2.75) is 18.9 Å². The SMILES string of the molecule is O=C(NCCOc1ccccc1Cl)NCC1CCCO1. The summed E-state index contributed by atoms with van der Waals surface area (Å²) in [6, 6.07) is 7.04. The number of hydrogen-bond acceptors (Lipinski definition) is 3. The summed E-state index contributed by atoms with van der Waals surface area (Å²) in [5, 5.41) is 6.07. The van der Waals surface area contributed by atoms with E-state index in [1.54, 1.807) is 12.1 Å². The molecule has 0 spiro atoms. The average molecular weight is 299 g/mol. The fourth-order valence-corrected chi connectivity index (χ4v) is 2.15. The van der Waals surface area contributed by atoms with Gasteiger partial charge in [-0.05, 0) is 25.0 Å². The van der Waals surface area contributed by atoms with E-state index in [2.05, 4.69) is 10.6 Å². The molecule has 5 nitrogen and oxygen atoms in total. The highest BCUT2D eigenvalue weighted by Crippen LogP contribution is 2.22.